The summed E-state index contributed by atoms with van der Waals surface area (Å²) in [5.41, 5.74) is -1.82. The van der Waals surface area contributed by atoms with Crippen LogP contribution in [-0.4, -0.2) is 18.3 Å². The van der Waals surface area contributed by atoms with Crippen molar-refractivity contribution in [3.8, 4) is 0 Å². The molecule has 0 spiro atoms. The van der Waals surface area contributed by atoms with Gasteiger partial charge < -0.3 is 5.32 Å². The third kappa shape index (κ3) is 4.99. The summed E-state index contributed by atoms with van der Waals surface area (Å²) in [5.74, 6) is 0. The van der Waals surface area contributed by atoms with E-state index in [4.69, 9.17) is 0 Å². The lowest BCUT2D eigenvalue weighted by molar-refractivity contribution is -0.137. The molecule has 21 heavy (non-hydrogen) atoms. The standard InChI is InChI=1S/C16H21F4N/c1-15(17,11-14-7-2-3-8-21-14)10-12-5-4-6-13(9-12)16(18,19)20/h4-6,9,14,21H,2-3,7-8,10-11H2,1H3. The van der Waals surface area contributed by atoms with Crippen LogP contribution in [0, 0.1) is 0 Å². The van der Waals surface area contributed by atoms with Crippen LogP contribution in [0.3, 0.4) is 0 Å². The Morgan fingerprint density at radius 1 is 1.19 bits per heavy atom. The highest BCUT2D eigenvalue weighted by Crippen LogP contribution is 2.32. The summed E-state index contributed by atoms with van der Waals surface area (Å²) in [5, 5.41) is 3.28. The first-order chi connectivity index (χ1) is 9.76. The first-order valence-electron chi connectivity index (χ1n) is 7.35. The number of rotatable bonds is 4. The fraction of sp³-hybridized carbons (Fsp3) is 0.625. The van der Waals surface area contributed by atoms with Gasteiger partial charge in [0.05, 0.1) is 5.56 Å². The Kier molecular flexibility index (Phi) is 4.91. The van der Waals surface area contributed by atoms with E-state index >= 15 is 0 Å². The number of halogens is 4. The monoisotopic (exact) mass is 303 g/mol. The Hall–Kier alpha value is -1.10. The van der Waals surface area contributed by atoms with Crippen LogP contribution in [0.1, 0.15) is 43.7 Å². The molecule has 0 aliphatic carbocycles. The van der Waals surface area contributed by atoms with Crippen LogP contribution in [0.4, 0.5) is 17.6 Å². The molecule has 118 valence electrons. The average Bonchev–Trinajstić information content (AvgIpc) is 2.38. The largest absolute Gasteiger partial charge is 0.416 e. The van der Waals surface area contributed by atoms with Gasteiger partial charge in [-0.2, -0.15) is 13.2 Å². The minimum atomic E-state index is -4.38. The SMILES string of the molecule is CC(F)(Cc1cccc(C(F)(F)F)c1)CC1CCCCN1. The maximum absolute atomic E-state index is 14.7. The van der Waals surface area contributed by atoms with Crippen molar-refractivity contribution in [3.63, 3.8) is 0 Å². The minimum absolute atomic E-state index is 0.00903. The van der Waals surface area contributed by atoms with E-state index in [0.29, 0.717) is 12.0 Å². The van der Waals surface area contributed by atoms with Crippen LogP contribution in [-0.2, 0) is 12.6 Å². The van der Waals surface area contributed by atoms with Crippen molar-refractivity contribution < 1.29 is 17.6 Å². The van der Waals surface area contributed by atoms with Gasteiger partial charge in [0.1, 0.15) is 5.67 Å². The van der Waals surface area contributed by atoms with Gasteiger partial charge in [0.2, 0.25) is 0 Å². The van der Waals surface area contributed by atoms with Crippen LogP contribution in [0.15, 0.2) is 24.3 Å². The molecule has 2 rings (SSSR count). The van der Waals surface area contributed by atoms with Crippen molar-refractivity contribution >= 4 is 0 Å². The molecule has 1 aromatic carbocycles. The fourth-order valence-corrected chi connectivity index (χ4v) is 2.97. The van der Waals surface area contributed by atoms with E-state index in [9.17, 15) is 17.6 Å². The Balaban J connectivity index is 2.02. The van der Waals surface area contributed by atoms with Gasteiger partial charge in [0.15, 0.2) is 0 Å². The molecule has 1 N–H and O–H groups in total. The third-order valence-electron chi connectivity index (χ3n) is 3.91. The smallest absolute Gasteiger partial charge is 0.314 e. The molecule has 0 aromatic heterocycles. The van der Waals surface area contributed by atoms with E-state index in [1.54, 1.807) is 6.07 Å². The summed E-state index contributed by atoms with van der Waals surface area (Å²) < 4.78 is 52.7. The van der Waals surface area contributed by atoms with Crippen molar-refractivity contribution in [2.75, 3.05) is 6.54 Å². The number of nitrogens with one attached hydrogen (secondary N) is 1. The number of alkyl halides is 4. The van der Waals surface area contributed by atoms with Crippen LogP contribution in [0.5, 0.6) is 0 Å². The average molecular weight is 303 g/mol. The Bertz CT molecular complexity index is 462. The van der Waals surface area contributed by atoms with E-state index in [1.807, 2.05) is 0 Å². The van der Waals surface area contributed by atoms with Gasteiger partial charge in [0, 0.05) is 12.5 Å². The quantitative estimate of drug-likeness (QED) is 0.807. The molecule has 2 unspecified atom stereocenters. The molecule has 1 aliphatic rings. The molecular weight excluding hydrogens is 282 g/mol. The Labute approximate surface area is 122 Å². The second kappa shape index (κ2) is 6.34. The van der Waals surface area contributed by atoms with Gasteiger partial charge in [-0.05, 0) is 44.4 Å². The van der Waals surface area contributed by atoms with E-state index in [2.05, 4.69) is 5.32 Å². The lowest BCUT2D eigenvalue weighted by Gasteiger charge is -2.30. The van der Waals surface area contributed by atoms with Crippen LogP contribution in [0.25, 0.3) is 0 Å². The first kappa shape index (κ1) is 16.3. The van der Waals surface area contributed by atoms with E-state index in [1.165, 1.54) is 13.0 Å². The fourth-order valence-electron chi connectivity index (χ4n) is 2.97. The molecule has 1 aromatic rings. The molecule has 1 heterocycles. The predicted molar refractivity (Wildman–Crippen MR) is 74.9 cm³/mol. The number of benzene rings is 1. The second-order valence-corrected chi connectivity index (χ2v) is 6.14. The zero-order valence-corrected chi connectivity index (χ0v) is 12.1. The van der Waals surface area contributed by atoms with Crippen LogP contribution in [0.2, 0.25) is 0 Å². The zero-order valence-electron chi connectivity index (χ0n) is 12.1. The van der Waals surface area contributed by atoms with Gasteiger partial charge in [-0.3, -0.25) is 0 Å². The molecule has 0 amide bonds. The molecule has 0 bridgehead atoms. The summed E-state index contributed by atoms with van der Waals surface area (Å²) >= 11 is 0. The first-order valence-corrected chi connectivity index (χ1v) is 7.35. The highest BCUT2D eigenvalue weighted by atomic mass is 19.4. The molecule has 0 saturated carbocycles. The molecule has 1 fully saturated rings. The van der Waals surface area contributed by atoms with Crippen molar-refractivity contribution in [3.05, 3.63) is 35.4 Å². The number of hydrogen-bond donors (Lipinski definition) is 1. The third-order valence-corrected chi connectivity index (χ3v) is 3.91. The van der Waals surface area contributed by atoms with Crippen LogP contribution < -0.4 is 5.32 Å². The van der Waals surface area contributed by atoms with Gasteiger partial charge in [-0.25, -0.2) is 4.39 Å². The van der Waals surface area contributed by atoms with Crippen LogP contribution >= 0.6 is 0 Å². The van der Waals surface area contributed by atoms with E-state index < -0.39 is 17.4 Å². The number of piperidine rings is 1. The summed E-state index contributed by atoms with van der Waals surface area (Å²) in [6.45, 7) is 2.37. The number of hydrogen-bond acceptors (Lipinski definition) is 1. The summed E-state index contributed by atoms with van der Waals surface area (Å²) in [7, 11) is 0. The molecule has 1 nitrogen and oxygen atoms in total. The Morgan fingerprint density at radius 3 is 2.57 bits per heavy atom. The topological polar surface area (TPSA) is 12.0 Å². The molecule has 1 aliphatic heterocycles. The summed E-state index contributed by atoms with van der Waals surface area (Å²) in [4.78, 5) is 0. The predicted octanol–water partition coefficient (Wildman–Crippen LogP) is 4.51. The van der Waals surface area contributed by atoms with E-state index in [0.717, 1.165) is 37.9 Å². The maximum atomic E-state index is 14.7. The molecule has 1 saturated heterocycles. The highest BCUT2D eigenvalue weighted by Gasteiger charge is 2.32. The lowest BCUT2D eigenvalue weighted by atomic mass is 9.88. The highest BCUT2D eigenvalue weighted by molar-refractivity contribution is 5.26. The normalized spacial score (nSPS) is 22.8. The summed E-state index contributed by atoms with van der Waals surface area (Å²) in [6.07, 6.45) is -0.918. The van der Waals surface area contributed by atoms with Gasteiger partial charge in [0.25, 0.3) is 0 Å². The van der Waals surface area contributed by atoms with Crippen molar-refractivity contribution in [2.24, 2.45) is 0 Å². The van der Waals surface area contributed by atoms with Gasteiger partial charge in [-0.15, -0.1) is 0 Å². The lowest BCUT2D eigenvalue weighted by Crippen LogP contribution is -2.40. The summed E-state index contributed by atoms with van der Waals surface area (Å²) in [6, 6.07) is 5.09. The maximum Gasteiger partial charge on any atom is 0.416 e. The van der Waals surface area contributed by atoms with Gasteiger partial charge in [-0.1, -0.05) is 24.6 Å². The molecule has 2 atom stereocenters. The van der Waals surface area contributed by atoms with Crippen molar-refractivity contribution in [2.45, 2.75) is 56.9 Å². The molecule has 0 radical (unpaired) electrons. The van der Waals surface area contributed by atoms with Crippen molar-refractivity contribution in [1.82, 2.24) is 5.32 Å². The minimum Gasteiger partial charge on any atom is -0.314 e. The second-order valence-electron chi connectivity index (χ2n) is 6.14. The van der Waals surface area contributed by atoms with E-state index in [-0.39, 0.29) is 12.5 Å². The van der Waals surface area contributed by atoms with Crippen molar-refractivity contribution in [1.29, 1.82) is 0 Å². The van der Waals surface area contributed by atoms with Gasteiger partial charge >= 0.3 is 6.18 Å². The molecular formula is C16H21F4N. The zero-order chi connectivity index (χ0) is 15.5. The molecule has 5 heteroatoms. The Morgan fingerprint density at radius 2 is 1.95 bits per heavy atom.